The smallest absolute Gasteiger partial charge is 0.333 e. The first-order chi connectivity index (χ1) is 9.52. The summed E-state index contributed by atoms with van der Waals surface area (Å²) in [6.45, 7) is 4.26. The van der Waals surface area contributed by atoms with Crippen molar-refractivity contribution in [3.05, 3.63) is 51.5 Å². The van der Waals surface area contributed by atoms with E-state index >= 15 is 0 Å². The number of rotatable bonds is 5. The van der Waals surface area contributed by atoms with Gasteiger partial charge in [0, 0.05) is 13.1 Å². The van der Waals surface area contributed by atoms with E-state index in [-0.39, 0.29) is 11.5 Å². The van der Waals surface area contributed by atoms with Gasteiger partial charge in [0.1, 0.15) is 11.5 Å². The molecule has 0 unspecified atom stereocenters. The first-order valence-electron chi connectivity index (χ1n) is 6.23. The minimum absolute atomic E-state index is 0.0387. The van der Waals surface area contributed by atoms with Crippen molar-refractivity contribution in [2.75, 3.05) is 5.32 Å². The highest BCUT2D eigenvalue weighted by Crippen LogP contribution is 2.28. The molecule has 1 N–H and O–H groups in total. The number of aryl methyl sites for hydroxylation is 2. The standard InChI is InChI=1S/C13H15FN4O2/c1-3-17-13(12(18(19)20)9(2)16-17)15-8-10-5-4-6-11(14)7-10/h4-7,15H,3,8H2,1-2H3. The van der Waals surface area contributed by atoms with Crippen LogP contribution in [0.3, 0.4) is 0 Å². The van der Waals surface area contributed by atoms with Crippen molar-refractivity contribution in [1.82, 2.24) is 9.78 Å². The Kier molecular flexibility index (Phi) is 3.97. The van der Waals surface area contributed by atoms with Crippen molar-refractivity contribution in [2.45, 2.75) is 26.9 Å². The molecule has 1 aromatic heterocycles. The molecule has 0 aliphatic heterocycles. The van der Waals surface area contributed by atoms with Gasteiger partial charge in [0.15, 0.2) is 0 Å². The fourth-order valence-electron chi connectivity index (χ4n) is 2.03. The van der Waals surface area contributed by atoms with Crippen LogP contribution >= 0.6 is 0 Å². The maximum Gasteiger partial charge on any atom is 0.333 e. The summed E-state index contributed by atoms with van der Waals surface area (Å²) in [5.74, 6) is 0.0123. The lowest BCUT2D eigenvalue weighted by Gasteiger charge is -2.07. The minimum atomic E-state index is -0.456. The van der Waals surface area contributed by atoms with Crippen LogP contribution in [0.5, 0.6) is 0 Å². The third kappa shape index (κ3) is 2.76. The van der Waals surface area contributed by atoms with Gasteiger partial charge in [-0.05, 0) is 31.5 Å². The lowest BCUT2D eigenvalue weighted by atomic mass is 10.2. The second-order valence-corrected chi connectivity index (χ2v) is 4.34. The van der Waals surface area contributed by atoms with E-state index in [1.54, 1.807) is 19.1 Å². The van der Waals surface area contributed by atoms with E-state index in [4.69, 9.17) is 0 Å². The Morgan fingerprint density at radius 1 is 1.50 bits per heavy atom. The van der Waals surface area contributed by atoms with E-state index in [2.05, 4.69) is 10.4 Å². The molecule has 2 aromatic rings. The molecule has 7 heteroatoms. The van der Waals surface area contributed by atoms with Crippen molar-refractivity contribution >= 4 is 11.5 Å². The van der Waals surface area contributed by atoms with Gasteiger partial charge in [-0.1, -0.05) is 12.1 Å². The molecule has 0 bridgehead atoms. The van der Waals surface area contributed by atoms with Crippen LogP contribution in [0.4, 0.5) is 15.9 Å². The summed E-state index contributed by atoms with van der Waals surface area (Å²) in [6, 6.07) is 6.09. The molecule has 2 rings (SSSR count). The number of halogens is 1. The van der Waals surface area contributed by atoms with Crippen LogP contribution < -0.4 is 5.32 Å². The molecule has 0 radical (unpaired) electrons. The molecule has 0 atom stereocenters. The fraction of sp³-hybridized carbons (Fsp3) is 0.308. The summed E-state index contributed by atoms with van der Waals surface area (Å²) in [7, 11) is 0. The summed E-state index contributed by atoms with van der Waals surface area (Å²) in [5, 5.41) is 18.2. The molecule has 20 heavy (non-hydrogen) atoms. The number of nitro groups is 1. The second kappa shape index (κ2) is 5.68. The van der Waals surface area contributed by atoms with Gasteiger partial charge in [-0.15, -0.1) is 0 Å². The lowest BCUT2D eigenvalue weighted by Crippen LogP contribution is -2.08. The highest BCUT2D eigenvalue weighted by molar-refractivity contribution is 5.59. The maximum absolute atomic E-state index is 13.1. The number of nitrogens with one attached hydrogen (secondary N) is 1. The SMILES string of the molecule is CCn1nc(C)c([N+](=O)[O-])c1NCc1cccc(F)c1. The zero-order chi connectivity index (χ0) is 14.7. The molecular weight excluding hydrogens is 263 g/mol. The first kappa shape index (κ1) is 14.0. The normalized spacial score (nSPS) is 10.6. The van der Waals surface area contributed by atoms with E-state index in [0.29, 0.717) is 30.2 Å². The number of anilines is 1. The molecule has 106 valence electrons. The van der Waals surface area contributed by atoms with E-state index in [1.165, 1.54) is 16.8 Å². The summed E-state index contributed by atoms with van der Waals surface area (Å²) >= 11 is 0. The predicted octanol–water partition coefficient (Wildman–Crippen LogP) is 2.87. The summed E-state index contributed by atoms with van der Waals surface area (Å²) in [6.07, 6.45) is 0. The van der Waals surface area contributed by atoms with Gasteiger partial charge < -0.3 is 5.32 Å². The third-order valence-corrected chi connectivity index (χ3v) is 2.93. The molecule has 0 saturated carbocycles. The van der Waals surface area contributed by atoms with Crippen LogP contribution in [-0.4, -0.2) is 14.7 Å². The zero-order valence-corrected chi connectivity index (χ0v) is 11.3. The van der Waals surface area contributed by atoms with Gasteiger partial charge in [0.2, 0.25) is 5.82 Å². The van der Waals surface area contributed by atoms with E-state index in [1.807, 2.05) is 6.92 Å². The molecule has 0 aliphatic rings. The second-order valence-electron chi connectivity index (χ2n) is 4.34. The van der Waals surface area contributed by atoms with Crippen molar-refractivity contribution < 1.29 is 9.31 Å². The van der Waals surface area contributed by atoms with Crippen molar-refractivity contribution in [3.8, 4) is 0 Å². The monoisotopic (exact) mass is 278 g/mol. The lowest BCUT2D eigenvalue weighted by molar-refractivity contribution is -0.384. The van der Waals surface area contributed by atoms with Crippen LogP contribution in [0.1, 0.15) is 18.2 Å². The molecule has 6 nitrogen and oxygen atoms in total. The van der Waals surface area contributed by atoms with Gasteiger partial charge >= 0.3 is 5.69 Å². The van der Waals surface area contributed by atoms with Crippen molar-refractivity contribution in [2.24, 2.45) is 0 Å². The van der Waals surface area contributed by atoms with E-state index in [0.717, 1.165) is 0 Å². The Morgan fingerprint density at radius 3 is 2.85 bits per heavy atom. The van der Waals surface area contributed by atoms with E-state index in [9.17, 15) is 14.5 Å². The summed E-state index contributed by atoms with van der Waals surface area (Å²) in [4.78, 5) is 10.6. The Bertz CT molecular complexity index is 639. The van der Waals surface area contributed by atoms with Crippen LogP contribution in [0.2, 0.25) is 0 Å². The first-order valence-corrected chi connectivity index (χ1v) is 6.23. The van der Waals surface area contributed by atoms with Crippen LogP contribution in [0.25, 0.3) is 0 Å². The number of aromatic nitrogens is 2. The summed E-state index contributed by atoms with van der Waals surface area (Å²) < 4.78 is 14.6. The maximum atomic E-state index is 13.1. The number of benzene rings is 1. The predicted molar refractivity (Wildman–Crippen MR) is 73.0 cm³/mol. The Morgan fingerprint density at radius 2 is 2.25 bits per heavy atom. The Labute approximate surface area is 115 Å². The quantitative estimate of drug-likeness (QED) is 0.674. The van der Waals surface area contributed by atoms with E-state index < -0.39 is 4.92 Å². The molecule has 0 fully saturated rings. The van der Waals surface area contributed by atoms with Gasteiger partial charge in [-0.25, -0.2) is 9.07 Å². The number of nitrogens with zero attached hydrogens (tertiary/aromatic N) is 3. The molecule has 0 amide bonds. The minimum Gasteiger partial charge on any atom is -0.360 e. The third-order valence-electron chi connectivity index (χ3n) is 2.93. The number of hydrogen-bond acceptors (Lipinski definition) is 4. The average molecular weight is 278 g/mol. The zero-order valence-electron chi connectivity index (χ0n) is 11.3. The highest BCUT2D eigenvalue weighted by atomic mass is 19.1. The van der Waals surface area contributed by atoms with Gasteiger partial charge in [-0.3, -0.25) is 10.1 Å². The van der Waals surface area contributed by atoms with Gasteiger partial charge in [-0.2, -0.15) is 5.10 Å². The topological polar surface area (TPSA) is 73.0 Å². The molecule has 0 saturated heterocycles. The molecule has 1 aromatic carbocycles. The molecular formula is C13H15FN4O2. The molecule has 1 heterocycles. The Balaban J connectivity index is 2.26. The fourth-order valence-corrected chi connectivity index (χ4v) is 2.03. The van der Waals surface area contributed by atoms with Gasteiger partial charge in [0.05, 0.1) is 4.92 Å². The molecule has 0 aliphatic carbocycles. The number of hydrogen-bond donors (Lipinski definition) is 1. The van der Waals surface area contributed by atoms with Gasteiger partial charge in [0.25, 0.3) is 0 Å². The van der Waals surface area contributed by atoms with Crippen LogP contribution in [0.15, 0.2) is 24.3 Å². The Hall–Kier alpha value is -2.44. The van der Waals surface area contributed by atoms with Crippen molar-refractivity contribution in [1.29, 1.82) is 0 Å². The average Bonchev–Trinajstić information content (AvgIpc) is 2.72. The summed E-state index contributed by atoms with van der Waals surface area (Å²) in [5.41, 5.74) is 1.03. The largest absolute Gasteiger partial charge is 0.360 e. The van der Waals surface area contributed by atoms with Crippen molar-refractivity contribution in [3.63, 3.8) is 0 Å². The van der Waals surface area contributed by atoms with Crippen LogP contribution in [0, 0.1) is 22.9 Å². The highest BCUT2D eigenvalue weighted by Gasteiger charge is 2.24. The molecule has 0 spiro atoms. The van der Waals surface area contributed by atoms with Crippen LogP contribution in [-0.2, 0) is 13.1 Å².